The molecule has 1 fully saturated rings. The molecular formula is C17H18ClFN2O4S2. The van der Waals surface area contributed by atoms with Crippen LogP contribution in [0.4, 0.5) is 4.39 Å². The zero-order chi connectivity index (χ0) is 19.8. The number of hydrogen-bond acceptors (Lipinski definition) is 4. The first-order valence-electron chi connectivity index (χ1n) is 8.15. The van der Waals surface area contributed by atoms with Crippen LogP contribution in [-0.2, 0) is 20.0 Å². The van der Waals surface area contributed by atoms with E-state index in [1.807, 2.05) is 0 Å². The first-order chi connectivity index (χ1) is 12.6. The fourth-order valence-electron chi connectivity index (χ4n) is 2.83. The van der Waals surface area contributed by atoms with Gasteiger partial charge in [-0.1, -0.05) is 29.8 Å². The highest BCUT2D eigenvalue weighted by Gasteiger charge is 2.34. The van der Waals surface area contributed by atoms with Crippen LogP contribution in [0.1, 0.15) is 5.56 Å². The summed E-state index contributed by atoms with van der Waals surface area (Å²) in [4.78, 5) is -0.156. The quantitative estimate of drug-likeness (QED) is 0.743. The highest BCUT2D eigenvalue weighted by molar-refractivity contribution is 7.89. The van der Waals surface area contributed by atoms with Gasteiger partial charge in [0.05, 0.1) is 9.92 Å². The Labute approximate surface area is 163 Å². The average Bonchev–Trinajstić information content (AvgIpc) is 2.64. The molecule has 1 aliphatic heterocycles. The summed E-state index contributed by atoms with van der Waals surface area (Å²) in [6.45, 7) is 1.47. The van der Waals surface area contributed by atoms with Crippen LogP contribution in [0.25, 0.3) is 0 Å². The van der Waals surface area contributed by atoms with Crippen molar-refractivity contribution in [2.45, 2.75) is 16.7 Å². The van der Waals surface area contributed by atoms with E-state index in [9.17, 15) is 21.2 Å². The highest BCUT2D eigenvalue weighted by Crippen LogP contribution is 2.26. The Bertz CT molecular complexity index is 1070. The number of piperazine rings is 1. The first kappa shape index (κ1) is 20.2. The maximum atomic E-state index is 13.7. The van der Waals surface area contributed by atoms with E-state index in [2.05, 4.69) is 0 Å². The molecule has 0 radical (unpaired) electrons. The number of aryl methyl sites for hydroxylation is 1. The predicted octanol–water partition coefficient (Wildman–Crippen LogP) is 2.48. The molecule has 0 spiro atoms. The summed E-state index contributed by atoms with van der Waals surface area (Å²) in [5, 5.41) is 0.114. The van der Waals surface area contributed by atoms with Crippen molar-refractivity contribution in [1.82, 2.24) is 8.61 Å². The molecule has 0 N–H and O–H groups in total. The van der Waals surface area contributed by atoms with Crippen LogP contribution in [0.5, 0.6) is 0 Å². The lowest BCUT2D eigenvalue weighted by atomic mass is 10.2. The number of sulfonamides is 2. The Hall–Kier alpha value is -1.52. The maximum absolute atomic E-state index is 13.7. The summed E-state index contributed by atoms with van der Waals surface area (Å²) in [6, 6.07) is 9.84. The largest absolute Gasteiger partial charge is 0.244 e. The van der Waals surface area contributed by atoms with E-state index in [1.165, 1.54) is 28.6 Å². The van der Waals surface area contributed by atoms with Gasteiger partial charge in [-0.3, -0.25) is 0 Å². The van der Waals surface area contributed by atoms with Crippen LogP contribution in [0, 0.1) is 12.7 Å². The van der Waals surface area contributed by atoms with Crippen molar-refractivity contribution < 1.29 is 21.2 Å². The summed E-state index contributed by atoms with van der Waals surface area (Å²) in [5.41, 5.74) is 0.351. The van der Waals surface area contributed by atoms with Crippen molar-refractivity contribution in [2.75, 3.05) is 26.2 Å². The molecule has 1 heterocycles. The molecule has 27 heavy (non-hydrogen) atoms. The van der Waals surface area contributed by atoms with E-state index in [1.54, 1.807) is 19.1 Å². The van der Waals surface area contributed by atoms with Crippen molar-refractivity contribution in [3.8, 4) is 0 Å². The zero-order valence-electron chi connectivity index (χ0n) is 14.5. The van der Waals surface area contributed by atoms with Gasteiger partial charge < -0.3 is 0 Å². The molecule has 1 saturated heterocycles. The van der Waals surface area contributed by atoms with Crippen LogP contribution >= 0.6 is 11.6 Å². The van der Waals surface area contributed by atoms with Crippen molar-refractivity contribution >= 4 is 31.6 Å². The van der Waals surface area contributed by atoms with Gasteiger partial charge in [0.25, 0.3) is 0 Å². The smallest absolute Gasteiger partial charge is 0.207 e. The van der Waals surface area contributed by atoms with Crippen LogP contribution in [0.2, 0.25) is 5.02 Å². The molecule has 0 bridgehead atoms. The Kier molecular flexibility index (Phi) is 5.60. The molecule has 0 atom stereocenters. The fourth-order valence-corrected chi connectivity index (χ4v) is 6.18. The lowest BCUT2D eigenvalue weighted by Crippen LogP contribution is -2.50. The van der Waals surface area contributed by atoms with E-state index in [4.69, 9.17) is 11.6 Å². The Balaban J connectivity index is 1.79. The third kappa shape index (κ3) is 3.88. The van der Waals surface area contributed by atoms with E-state index in [0.29, 0.717) is 5.56 Å². The Morgan fingerprint density at radius 2 is 1.44 bits per heavy atom. The van der Waals surface area contributed by atoms with E-state index < -0.39 is 25.9 Å². The minimum Gasteiger partial charge on any atom is -0.207 e. The molecule has 0 unspecified atom stereocenters. The number of nitrogens with zero attached hydrogens (tertiary/aromatic N) is 2. The number of halogens is 2. The lowest BCUT2D eigenvalue weighted by Gasteiger charge is -2.33. The van der Waals surface area contributed by atoms with Gasteiger partial charge in [0, 0.05) is 26.2 Å². The second-order valence-corrected chi connectivity index (χ2v) is 10.4. The molecule has 1 aliphatic rings. The van der Waals surface area contributed by atoms with Crippen LogP contribution < -0.4 is 0 Å². The molecule has 0 aliphatic carbocycles. The third-order valence-electron chi connectivity index (χ3n) is 4.43. The molecular weight excluding hydrogens is 415 g/mol. The topological polar surface area (TPSA) is 74.8 Å². The van der Waals surface area contributed by atoms with Gasteiger partial charge in [-0.25, -0.2) is 21.2 Å². The molecule has 2 aromatic carbocycles. The van der Waals surface area contributed by atoms with Gasteiger partial charge >= 0.3 is 0 Å². The second kappa shape index (κ2) is 7.48. The van der Waals surface area contributed by atoms with E-state index in [0.717, 1.165) is 10.4 Å². The fraction of sp³-hybridized carbons (Fsp3) is 0.294. The summed E-state index contributed by atoms with van der Waals surface area (Å²) < 4.78 is 67.0. The third-order valence-corrected chi connectivity index (χ3v) is 8.73. The second-order valence-electron chi connectivity index (χ2n) is 6.15. The zero-order valence-corrected chi connectivity index (χ0v) is 16.9. The van der Waals surface area contributed by atoms with Crippen molar-refractivity contribution in [3.63, 3.8) is 0 Å². The predicted molar refractivity (Wildman–Crippen MR) is 100 cm³/mol. The van der Waals surface area contributed by atoms with Crippen molar-refractivity contribution in [1.29, 1.82) is 0 Å². The van der Waals surface area contributed by atoms with Crippen molar-refractivity contribution in [2.24, 2.45) is 0 Å². The highest BCUT2D eigenvalue weighted by atomic mass is 35.5. The first-order valence-corrected chi connectivity index (χ1v) is 11.4. The molecule has 146 valence electrons. The van der Waals surface area contributed by atoms with Gasteiger partial charge in [-0.2, -0.15) is 8.61 Å². The van der Waals surface area contributed by atoms with Crippen LogP contribution in [-0.4, -0.2) is 51.6 Å². The molecule has 6 nitrogen and oxygen atoms in total. The minimum absolute atomic E-state index is 0.0106. The van der Waals surface area contributed by atoms with Crippen LogP contribution in [0.3, 0.4) is 0 Å². The standard InChI is InChI=1S/C17H18ClFN2O4S2/c1-13-6-7-14(12-16(13)19)26(22,23)20-8-10-21(11-9-20)27(24,25)17-5-3-2-4-15(17)18/h2-7,12H,8-11H2,1H3. The van der Waals surface area contributed by atoms with Gasteiger partial charge in [0.2, 0.25) is 20.0 Å². The van der Waals surface area contributed by atoms with Gasteiger partial charge in [0.15, 0.2) is 0 Å². The molecule has 3 rings (SSSR count). The van der Waals surface area contributed by atoms with Crippen LogP contribution in [0.15, 0.2) is 52.3 Å². The number of rotatable bonds is 4. The monoisotopic (exact) mass is 432 g/mol. The van der Waals surface area contributed by atoms with Gasteiger partial charge in [0.1, 0.15) is 10.7 Å². The average molecular weight is 433 g/mol. The normalized spacial score (nSPS) is 17.1. The number of benzene rings is 2. The Morgan fingerprint density at radius 3 is 2.00 bits per heavy atom. The van der Waals surface area contributed by atoms with Gasteiger partial charge in [-0.15, -0.1) is 0 Å². The molecule has 10 heteroatoms. The minimum atomic E-state index is -3.90. The molecule has 0 amide bonds. The van der Waals surface area contributed by atoms with Gasteiger partial charge in [-0.05, 0) is 36.8 Å². The molecule has 2 aromatic rings. The summed E-state index contributed by atoms with van der Waals surface area (Å²) in [6.07, 6.45) is 0. The molecule has 0 aromatic heterocycles. The molecule has 0 saturated carbocycles. The summed E-state index contributed by atoms with van der Waals surface area (Å²) in [5.74, 6) is -0.601. The van der Waals surface area contributed by atoms with E-state index >= 15 is 0 Å². The summed E-state index contributed by atoms with van der Waals surface area (Å²) >= 11 is 5.99. The number of hydrogen-bond donors (Lipinski definition) is 0. The maximum Gasteiger partial charge on any atom is 0.244 e. The Morgan fingerprint density at radius 1 is 0.889 bits per heavy atom. The van der Waals surface area contributed by atoms with E-state index in [-0.39, 0.29) is 41.0 Å². The lowest BCUT2D eigenvalue weighted by molar-refractivity contribution is 0.272. The SMILES string of the molecule is Cc1ccc(S(=O)(=O)N2CCN(S(=O)(=O)c3ccccc3Cl)CC2)cc1F. The van der Waals surface area contributed by atoms with Crippen molar-refractivity contribution in [3.05, 3.63) is 58.9 Å². The summed E-state index contributed by atoms with van der Waals surface area (Å²) in [7, 11) is -7.72.